The number of nitrogens with one attached hydrogen (secondary N) is 3. The SMILES string of the molecule is CC(C)NS(=O)(=O)c1ccc(NC(C)c2ncn[nH]2)cc1. The van der Waals surface area contributed by atoms with Crippen LogP contribution in [-0.4, -0.2) is 29.6 Å². The molecule has 0 radical (unpaired) electrons. The molecule has 0 fully saturated rings. The second-order valence-electron chi connectivity index (χ2n) is 5.04. The number of hydrogen-bond donors (Lipinski definition) is 3. The average molecular weight is 309 g/mol. The van der Waals surface area contributed by atoms with Gasteiger partial charge in [0.2, 0.25) is 10.0 Å². The summed E-state index contributed by atoms with van der Waals surface area (Å²) in [5.41, 5.74) is 0.808. The van der Waals surface area contributed by atoms with Gasteiger partial charge in [-0.3, -0.25) is 5.10 Å². The maximum atomic E-state index is 12.0. The molecule has 0 amide bonds. The van der Waals surface area contributed by atoms with Gasteiger partial charge in [0, 0.05) is 11.7 Å². The number of nitrogens with zero attached hydrogens (tertiary/aromatic N) is 2. The molecular formula is C13H19N5O2S. The first-order valence-electron chi connectivity index (χ1n) is 6.62. The summed E-state index contributed by atoms with van der Waals surface area (Å²) in [5, 5.41) is 9.79. The van der Waals surface area contributed by atoms with E-state index in [0.717, 1.165) is 5.69 Å². The molecule has 0 spiro atoms. The predicted molar refractivity (Wildman–Crippen MR) is 80.3 cm³/mol. The lowest BCUT2D eigenvalue weighted by Crippen LogP contribution is -2.30. The van der Waals surface area contributed by atoms with Crippen molar-refractivity contribution in [2.75, 3.05) is 5.32 Å². The van der Waals surface area contributed by atoms with Gasteiger partial charge < -0.3 is 5.32 Å². The van der Waals surface area contributed by atoms with Gasteiger partial charge in [-0.15, -0.1) is 0 Å². The molecule has 0 saturated heterocycles. The van der Waals surface area contributed by atoms with E-state index in [0.29, 0.717) is 5.82 Å². The van der Waals surface area contributed by atoms with E-state index in [4.69, 9.17) is 0 Å². The van der Waals surface area contributed by atoms with Crippen molar-refractivity contribution < 1.29 is 8.42 Å². The Hall–Kier alpha value is -1.93. The van der Waals surface area contributed by atoms with Gasteiger partial charge in [0.15, 0.2) is 0 Å². The molecule has 1 unspecified atom stereocenters. The van der Waals surface area contributed by atoms with Gasteiger partial charge in [-0.05, 0) is 45.0 Å². The van der Waals surface area contributed by atoms with Crippen molar-refractivity contribution in [3.8, 4) is 0 Å². The van der Waals surface area contributed by atoms with Crippen LogP contribution in [-0.2, 0) is 10.0 Å². The quantitative estimate of drug-likeness (QED) is 0.753. The minimum absolute atomic E-state index is 0.0521. The summed E-state index contributed by atoms with van der Waals surface area (Å²) < 4.78 is 26.6. The summed E-state index contributed by atoms with van der Waals surface area (Å²) in [4.78, 5) is 4.31. The zero-order valence-electron chi connectivity index (χ0n) is 12.2. The summed E-state index contributed by atoms with van der Waals surface area (Å²) >= 11 is 0. The van der Waals surface area contributed by atoms with E-state index in [9.17, 15) is 8.42 Å². The van der Waals surface area contributed by atoms with Crippen LogP contribution >= 0.6 is 0 Å². The predicted octanol–water partition coefficient (Wildman–Crippen LogP) is 1.66. The van der Waals surface area contributed by atoms with Gasteiger partial charge in [-0.2, -0.15) is 5.10 Å². The van der Waals surface area contributed by atoms with E-state index in [1.54, 1.807) is 38.1 Å². The molecule has 21 heavy (non-hydrogen) atoms. The molecule has 0 aliphatic heterocycles. The van der Waals surface area contributed by atoms with Crippen molar-refractivity contribution in [3.63, 3.8) is 0 Å². The van der Waals surface area contributed by atoms with E-state index in [1.165, 1.54) is 6.33 Å². The lowest BCUT2D eigenvalue weighted by Gasteiger charge is -2.13. The van der Waals surface area contributed by atoms with Crippen LogP contribution in [0.25, 0.3) is 0 Å². The van der Waals surface area contributed by atoms with Crippen molar-refractivity contribution >= 4 is 15.7 Å². The minimum Gasteiger partial charge on any atom is -0.375 e. The second-order valence-corrected chi connectivity index (χ2v) is 6.75. The van der Waals surface area contributed by atoms with Crippen LogP contribution in [0.1, 0.15) is 32.6 Å². The Morgan fingerprint density at radius 1 is 1.14 bits per heavy atom. The Morgan fingerprint density at radius 3 is 2.33 bits per heavy atom. The molecule has 2 rings (SSSR count). The standard InChI is InChI=1S/C13H19N5O2S/c1-9(2)18-21(19,20)12-6-4-11(5-7-12)16-10(3)13-14-8-15-17-13/h4-10,16,18H,1-3H3,(H,14,15,17). The third-order valence-corrected chi connectivity index (χ3v) is 4.46. The van der Waals surface area contributed by atoms with E-state index in [2.05, 4.69) is 25.2 Å². The van der Waals surface area contributed by atoms with Crippen molar-refractivity contribution in [2.24, 2.45) is 0 Å². The molecular weight excluding hydrogens is 290 g/mol. The molecule has 0 aliphatic rings. The number of hydrogen-bond acceptors (Lipinski definition) is 5. The summed E-state index contributed by atoms with van der Waals surface area (Å²) in [5.74, 6) is 0.716. The summed E-state index contributed by atoms with van der Waals surface area (Å²) in [6.07, 6.45) is 1.45. The maximum absolute atomic E-state index is 12.0. The zero-order chi connectivity index (χ0) is 15.5. The first-order valence-corrected chi connectivity index (χ1v) is 8.11. The van der Waals surface area contributed by atoms with Crippen molar-refractivity contribution in [3.05, 3.63) is 36.4 Å². The molecule has 2 aromatic rings. The molecule has 1 aromatic heterocycles. The summed E-state index contributed by atoms with van der Waals surface area (Å²) in [6.45, 7) is 5.50. The number of anilines is 1. The third-order valence-electron chi connectivity index (χ3n) is 2.78. The van der Waals surface area contributed by atoms with Crippen molar-refractivity contribution in [1.29, 1.82) is 0 Å². The fourth-order valence-corrected chi connectivity index (χ4v) is 3.10. The molecule has 1 atom stereocenters. The fourth-order valence-electron chi connectivity index (χ4n) is 1.85. The van der Waals surface area contributed by atoms with Gasteiger partial charge in [-0.25, -0.2) is 18.1 Å². The Kier molecular flexibility index (Phi) is 4.59. The lowest BCUT2D eigenvalue weighted by atomic mass is 10.2. The first-order chi connectivity index (χ1) is 9.88. The molecule has 1 aromatic carbocycles. The zero-order valence-corrected chi connectivity index (χ0v) is 13.0. The lowest BCUT2D eigenvalue weighted by molar-refractivity contribution is 0.570. The monoisotopic (exact) mass is 309 g/mol. The molecule has 0 saturated carbocycles. The smallest absolute Gasteiger partial charge is 0.240 e. The van der Waals surface area contributed by atoms with E-state index in [1.807, 2.05) is 6.92 Å². The Balaban J connectivity index is 2.09. The van der Waals surface area contributed by atoms with Crippen molar-refractivity contribution in [1.82, 2.24) is 19.9 Å². The van der Waals surface area contributed by atoms with E-state index in [-0.39, 0.29) is 17.0 Å². The molecule has 8 heteroatoms. The van der Waals surface area contributed by atoms with Crippen molar-refractivity contribution in [2.45, 2.75) is 37.8 Å². The highest BCUT2D eigenvalue weighted by molar-refractivity contribution is 7.89. The fraction of sp³-hybridized carbons (Fsp3) is 0.385. The average Bonchev–Trinajstić information content (AvgIpc) is 2.91. The highest BCUT2D eigenvalue weighted by Gasteiger charge is 2.15. The second kappa shape index (κ2) is 6.23. The number of benzene rings is 1. The van der Waals surface area contributed by atoms with Gasteiger partial charge in [0.05, 0.1) is 10.9 Å². The van der Waals surface area contributed by atoms with Crippen LogP contribution in [0.2, 0.25) is 0 Å². The highest BCUT2D eigenvalue weighted by Crippen LogP contribution is 2.18. The van der Waals surface area contributed by atoms with Crippen LogP contribution < -0.4 is 10.0 Å². The normalized spacial score (nSPS) is 13.3. The Bertz CT molecular complexity index is 665. The van der Waals surface area contributed by atoms with Crippen LogP contribution in [0.5, 0.6) is 0 Å². The van der Waals surface area contributed by atoms with E-state index < -0.39 is 10.0 Å². The molecule has 3 N–H and O–H groups in total. The van der Waals surface area contributed by atoms with Crippen LogP contribution in [0.4, 0.5) is 5.69 Å². The number of aromatic nitrogens is 3. The van der Waals surface area contributed by atoms with Crippen LogP contribution in [0.3, 0.4) is 0 Å². The molecule has 0 aliphatic carbocycles. The Labute approximate surface area is 124 Å². The van der Waals surface area contributed by atoms with E-state index >= 15 is 0 Å². The molecule has 0 bridgehead atoms. The molecule has 7 nitrogen and oxygen atoms in total. The molecule has 1 heterocycles. The van der Waals surface area contributed by atoms with Gasteiger partial charge >= 0.3 is 0 Å². The van der Waals surface area contributed by atoms with Gasteiger partial charge in [0.25, 0.3) is 0 Å². The summed E-state index contributed by atoms with van der Waals surface area (Å²) in [6, 6.07) is 6.40. The summed E-state index contributed by atoms with van der Waals surface area (Å²) in [7, 11) is -3.45. The number of sulfonamides is 1. The maximum Gasteiger partial charge on any atom is 0.240 e. The molecule has 114 valence electrons. The topological polar surface area (TPSA) is 99.8 Å². The van der Waals surface area contributed by atoms with Gasteiger partial charge in [0.1, 0.15) is 12.2 Å². The largest absolute Gasteiger partial charge is 0.375 e. The Morgan fingerprint density at radius 2 is 1.81 bits per heavy atom. The minimum atomic E-state index is -3.45. The highest BCUT2D eigenvalue weighted by atomic mass is 32.2. The van der Waals surface area contributed by atoms with Crippen LogP contribution in [0.15, 0.2) is 35.5 Å². The number of aromatic amines is 1. The third kappa shape index (κ3) is 4.02. The number of rotatable bonds is 6. The number of H-pyrrole nitrogens is 1. The van der Waals surface area contributed by atoms with Gasteiger partial charge in [-0.1, -0.05) is 0 Å². The van der Waals surface area contributed by atoms with Crippen LogP contribution in [0, 0.1) is 0 Å². The first kappa shape index (κ1) is 15.5.